The van der Waals surface area contributed by atoms with Crippen LogP contribution in [0.5, 0.6) is 11.5 Å². The first-order chi connectivity index (χ1) is 17.0. The number of benzene rings is 3. The van der Waals surface area contributed by atoms with Crippen LogP contribution in [0.2, 0.25) is 0 Å². The summed E-state index contributed by atoms with van der Waals surface area (Å²) in [6.07, 6.45) is 0. The molecule has 0 unspecified atom stereocenters. The molecule has 3 aromatic carbocycles. The standard InChI is InChI=1S/C27H22N2O6/c1-34-20-12-11-19-21-23(17-5-3-4-6-18(17)24(21)31)29(27(33)22(19)25(20)35-2)16-9-7-15(8-10-16)26(32)28-13-14-30/h3-12,30H,13-14H2,1-2H3,(H,28,32). The molecule has 1 aliphatic rings. The number of rotatable bonds is 6. The summed E-state index contributed by atoms with van der Waals surface area (Å²) in [5.74, 6) is 0.105. The van der Waals surface area contributed by atoms with Crippen LogP contribution in [0.1, 0.15) is 26.3 Å². The first-order valence-corrected chi connectivity index (χ1v) is 11.0. The molecule has 4 aromatic rings. The lowest BCUT2D eigenvalue weighted by Crippen LogP contribution is -2.26. The number of ketones is 1. The first-order valence-electron chi connectivity index (χ1n) is 11.0. The van der Waals surface area contributed by atoms with E-state index in [0.29, 0.717) is 44.8 Å². The third kappa shape index (κ3) is 3.38. The van der Waals surface area contributed by atoms with Crippen LogP contribution in [0.15, 0.2) is 65.5 Å². The van der Waals surface area contributed by atoms with Crippen LogP contribution in [-0.4, -0.2) is 48.7 Å². The maximum Gasteiger partial charge on any atom is 0.267 e. The summed E-state index contributed by atoms with van der Waals surface area (Å²) in [5.41, 5.74) is 2.56. The van der Waals surface area contributed by atoms with Gasteiger partial charge in [-0.3, -0.25) is 19.0 Å². The molecule has 0 bridgehead atoms. The minimum atomic E-state index is -0.378. The quantitative estimate of drug-likeness (QED) is 0.395. The van der Waals surface area contributed by atoms with Crippen molar-refractivity contribution in [2.45, 2.75) is 0 Å². The molecule has 1 aromatic heterocycles. The maximum absolute atomic E-state index is 14.0. The Morgan fingerprint density at radius 3 is 2.31 bits per heavy atom. The third-order valence-electron chi connectivity index (χ3n) is 6.13. The molecule has 5 rings (SSSR count). The molecule has 0 radical (unpaired) electrons. The molecule has 2 N–H and O–H groups in total. The summed E-state index contributed by atoms with van der Waals surface area (Å²) in [4.78, 5) is 39.8. The second-order valence-electron chi connectivity index (χ2n) is 7.99. The van der Waals surface area contributed by atoms with Gasteiger partial charge in [-0.05, 0) is 36.4 Å². The van der Waals surface area contributed by atoms with Crippen LogP contribution < -0.4 is 20.3 Å². The zero-order valence-corrected chi connectivity index (χ0v) is 19.1. The van der Waals surface area contributed by atoms with Gasteiger partial charge >= 0.3 is 0 Å². The Morgan fingerprint density at radius 2 is 1.66 bits per heavy atom. The van der Waals surface area contributed by atoms with Gasteiger partial charge in [0.2, 0.25) is 0 Å². The minimum absolute atomic E-state index is 0.138. The van der Waals surface area contributed by atoms with E-state index in [-0.39, 0.29) is 41.5 Å². The van der Waals surface area contributed by atoms with Crippen LogP contribution in [0.25, 0.3) is 27.7 Å². The molecule has 0 saturated heterocycles. The van der Waals surface area contributed by atoms with Crippen LogP contribution in [0, 0.1) is 0 Å². The highest BCUT2D eigenvalue weighted by Gasteiger charge is 2.34. The molecular formula is C27H22N2O6. The number of nitrogens with zero attached hydrogens (tertiary/aromatic N) is 1. The Balaban J connectivity index is 1.83. The van der Waals surface area contributed by atoms with Crippen molar-refractivity contribution in [1.29, 1.82) is 0 Å². The number of fused-ring (bicyclic) bond motifs is 5. The largest absolute Gasteiger partial charge is 0.493 e. The van der Waals surface area contributed by atoms with E-state index in [4.69, 9.17) is 14.6 Å². The fraction of sp³-hybridized carbons (Fsp3) is 0.148. The molecule has 1 aliphatic carbocycles. The molecule has 0 aliphatic heterocycles. The molecule has 8 heteroatoms. The van der Waals surface area contributed by atoms with E-state index < -0.39 is 0 Å². The summed E-state index contributed by atoms with van der Waals surface area (Å²) < 4.78 is 12.5. The average Bonchev–Trinajstić information content (AvgIpc) is 3.19. The van der Waals surface area contributed by atoms with Crippen molar-refractivity contribution in [3.8, 4) is 28.4 Å². The third-order valence-corrected chi connectivity index (χ3v) is 6.13. The van der Waals surface area contributed by atoms with Gasteiger partial charge in [-0.2, -0.15) is 0 Å². The van der Waals surface area contributed by atoms with E-state index in [9.17, 15) is 14.4 Å². The molecule has 1 heterocycles. The van der Waals surface area contributed by atoms with Gasteiger partial charge in [-0.25, -0.2) is 0 Å². The molecule has 0 spiro atoms. The average molecular weight is 470 g/mol. The highest BCUT2D eigenvalue weighted by atomic mass is 16.5. The molecule has 1 amide bonds. The predicted molar refractivity (Wildman–Crippen MR) is 131 cm³/mol. The van der Waals surface area contributed by atoms with Gasteiger partial charge in [0.25, 0.3) is 11.5 Å². The van der Waals surface area contributed by atoms with Crippen molar-refractivity contribution in [2.75, 3.05) is 27.4 Å². The van der Waals surface area contributed by atoms with Gasteiger partial charge in [0.05, 0.1) is 37.5 Å². The molecule has 0 fully saturated rings. The van der Waals surface area contributed by atoms with Crippen LogP contribution in [0.4, 0.5) is 0 Å². The van der Waals surface area contributed by atoms with Gasteiger partial charge in [0, 0.05) is 34.3 Å². The molecule has 176 valence electrons. The van der Waals surface area contributed by atoms with Gasteiger partial charge < -0.3 is 19.9 Å². The summed E-state index contributed by atoms with van der Waals surface area (Å²) in [5, 5.41) is 12.3. The number of nitrogens with one attached hydrogen (secondary N) is 1. The van der Waals surface area contributed by atoms with Crippen molar-refractivity contribution in [2.24, 2.45) is 0 Å². The van der Waals surface area contributed by atoms with Gasteiger partial charge in [-0.1, -0.05) is 24.3 Å². The summed E-state index contributed by atoms with van der Waals surface area (Å²) in [7, 11) is 2.93. The fourth-order valence-corrected chi connectivity index (χ4v) is 4.59. The van der Waals surface area contributed by atoms with E-state index in [1.54, 1.807) is 48.5 Å². The lowest BCUT2D eigenvalue weighted by Gasteiger charge is -2.18. The van der Waals surface area contributed by atoms with Gasteiger partial charge in [0.15, 0.2) is 17.3 Å². The van der Waals surface area contributed by atoms with E-state index >= 15 is 0 Å². The number of pyridine rings is 1. The number of aliphatic hydroxyl groups is 1. The Labute approximate surface area is 200 Å². The number of ether oxygens (including phenoxy) is 2. The van der Waals surface area contributed by atoms with Crippen molar-refractivity contribution >= 4 is 22.5 Å². The number of carbonyl (C=O) groups excluding carboxylic acids is 2. The smallest absolute Gasteiger partial charge is 0.267 e. The van der Waals surface area contributed by atoms with E-state index in [1.807, 2.05) is 12.1 Å². The highest BCUT2D eigenvalue weighted by molar-refractivity contribution is 6.27. The molecule has 0 saturated carbocycles. The predicted octanol–water partition coefficient (Wildman–Crippen LogP) is 2.94. The van der Waals surface area contributed by atoms with Gasteiger partial charge in [-0.15, -0.1) is 0 Å². The van der Waals surface area contributed by atoms with Crippen LogP contribution in [0.3, 0.4) is 0 Å². The van der Waals surface area contributed by atoms with Crippen molar-refractivity contribution in [3.63, 3.8) is 0 Å². The van der Waals surface area contributed by atoms with Crippen LogP contribution in [-0.2, 0) is 0 Å². The number of carbonyl (C=O) groups is 2. The first kappa shape index (κ1) is 22.4. The fourth-order valence-electron chi connectivity index (χ4n) is 4.59. The van der Waals surface area contributed by atoms with Crippen molar-refractivity contribution in [1.82, 2.24) is 9.88 Å². The van der Waals surface area contributed by atoms with Crippen molar-refractivity contribution in [3.05, 3.63) is 87.7 Å². The topological polar surface area (TPSA) is 107 Å². The lowest BCUT2D eigenvalue weighted by molar-refractivity contribution is 0.0944. The number of hydrogen-bond acceptors (Lipinski definition) is 6. The Hall–Kier alpha value is -4.43. The van der Waals surface area contributed by atoms with E-state index in [0.717, 1.165) is 0 Å². The number of aliphatic hydroxyl groups excluding tert-OH is 1. The second kappa shape index (κ2) is 8.73. The monoisotopic (exact) mass is 470 g/mol. The minimum Gasteiger partial charge on any atom is -0.493 e. The Bertz CT molecular complexity index is 1550. The zero-order chi connectivity index (χ0) is 24.7. The summed E-state index contributed by atoms with van der Waals surface area (Å²) in [6, 6.07) is 17.1. The van der Waals surface area contributed by atoms with E-state index in [1.165, 1.54) is 18.8 Å². The molecule has 35 heavy (non-hydrogen) atoms. The lowest BCUT2D eigenvalue weighted by atomic mass is 10.0. The highest BCUT2D eigenvalue weighted by Crippen LogP contribution is 2.43. The van der Waals surface area contributed by atoms with Crippen LogP contribution >= 0.6 is 0 Å². The SMILES string of the molecule is COc1ccc2c3c(n(-c4ccc(C(=O)NCCO)cc4)c(=O)c2c1OC)-c1ccccc1C3=O. The van der Waals surface area contributed by atoms with Gasteiger partial charge in [0.1, 0.15) is 0 Å². The van der Waals surface area contributed by atoms with Crippen molar-refractivity contribution < 1.29 is 24.2 Å². The Kier molecular flexibility index (Phi) is 5.58. The molecule has 0 atom stereocenters. The zero-order valence-electron chi connectivity index (χ0n) is 19.1. The van der Waals surface area contributed by atoms with E-state index in [2.05, 4.69) is 5.32 Å². The number of amides is 1. The summed E-state index contributed by atoms with van der Waals surface area (Å²) >= 11 is 0. The molecular weight excluding hydrogens is 448 g/mol. The Morgan fingerprint density at radius 1 is 0.943 bits per heavy atom. The maximum atomic E-state index is 14.0. The normalized spacial score (nSPS) is 11.8. The number of hydrogen-bond donors (Lipinski definition) is 2. The number of aromatic nitrogens is 1. The second-order valence-corrected chi connectivity index (χ2v) is 7.99. The summed E-state index contributed by atoms with van der Waals surface area (Å²) in [6.45, 7) is -0.0279. The number of methoxy groups -OCH3 is 2. The molecule has 8 nitrogen and oxygen atoms in total.